The van der Waals surface area contributed by atoms with E-state index in [0.29, 0.717) is 17.2 Å². The lowest BCUT2D eigenvalue weighted by molar-refractivity contribution is 0.0601. The Hall–Kier alpha value is -3.12. The zero-order valence-corrected chi connectivity index (χ0v) is 14.9. The van der Waals surface area contributed by atoms with Crippen LogP contribution < -0.4 is 4.74 Å². The Morgan fingerprint density at radius 2 is 1.96 bits per heavy atom. The highest BCUT2D eigenvalue weighted by Gasteiger charge is 2.20. The van der Waals surface area contributed by atoms with Crippen molar-refractivity contribution in [1.82, 2.24) is 9.38 Å². The lowest BCUT2D eigenvalue weighted by Crippen LogP contribution is -2.02. The molecule has 0 saturated carbocycles. The molecule has 0 N–H and O–H groups in total. The van der Waals surface area contributed by atoms with E-state index in [4.69, 9.17) is 9.47 Å². The van der Waals surface area contributed by atoms with Crippen LogP contribution in [-0.2, 0) is 11.3 Å². The number of carbonyl (C=O) groups excluding carboxylic acids is 1. The van der Waals surface area contributed by atoms with Gasteiger partial charge >= 0.3 is 5.97 Å². The maximum atomic E-state index is 12.2. The molecule has 0 aliphatic heterocycles. The fourth-order valence-electron chi connectivity index (χ4n) is 2.69. The predicted octanol–water partition coefficient (Wildman–Crippen LogP) is 4.43. The van der Waals surface area contributed by atoms with Gasteiger partial charge in [0.2, 0.25) is 0 Å². The van der Waals surface area contributed by atoms with E-state index in [9.17, 15) is 4.79 Å². The monoisotopic (exact) mass is 364 g/mol. The Morgan fingerprint density at radius 3 is 2.77 bits per heavy atom. The van der Waals surface area contributed by atoms with Gasteiger partial charge in [0.1, 0.15) is 18.0 Å². The molecule has 1 aromatic carbocycles. The number of rotatable bonds is 5. The van der Waals surface area contributed by atoms with Crippen molar-refractivity contribution in [2.45, 2.75) is 6.61 Å². The first-order valence-corrected chi connectivity index (χ1v) is 8.89. The van der Waals surface area contributed by atoms with Crippen LogP contribution in [0.1, 0.15) is 15.2 Å². The third-order valence-corrected chi connectivity index (χ3v) is 5.09. The van der Waals surface area contributed by atoms with E-state index in [2.05, 4.69) is 4.98 Å². The second kappa shape index (κ2) is 7.01. The highest BCUT2D eigenvalue weighted by atomic mass is 32.1. The van der Waals surface area contributed by atoms with E-state index in [1.807, 2.05) is 65.2 Å². The highest BCUT2D eigenvalue weighted by molar-refractivity contribution is 7.17. The smallest absolute Gasteiger partial charge is 0.351 e. The minimum atomic E-state index is -0.405. The van der Waals surface area contributed by atoms with Crippen LogP contribution in [0.4, 0.5) is 0 Å². The van der Waals surface area contributed by atoms with Crippen LogP contribution in [0.5, 0.6) is 5.75 Å². The molecule has 4 aromatic rings. The molecule has 0 fully saturated rings. The number of hydrogen-bond acceptors (Lipinski definition) is 5. The molecule has 0 atom stereocenters. The minimum Gasteiger partial charge on any atom is -0.487 e. The number of fused-ring (bicyclic) bond motifs is 1. The standard InChI is InChI=1S/C20H16N2O3S/c1-24-20(23)19-16(25-13-14-7-3-2-4-8-14)11-17(26-19)15-12-21-18-9-5-6-10-22(15)18/h2-12H,13H2,1H3. The van der Waals surface area contributed by atoms with Crippen LogP contribution in [0.15, 0.2) is 67.0 Å². The lowest BCUT2D eigenvalue weighted by atomic mass is 10.2. The number of nitrogens with zero attached hydrogens (tertiary/aromatic N) is 2. The van der Waals surface area contributed by atoms with E-state index in [1.54, 1.807) is 6.20 Å². The number of thiophene rings is 1. The van der Waals surface area contributed by atoms with Crippen LogP contribution in [-0.4, -0.2) is 22.5 Å². The fourth-order valence-corrected chi connectivity index (χ4v) is 3.72. The van der Waals surface area contributed by atoms with Crippen molar-refractivity contribution in [1.29, 1.82) is 0 Å². The number of pyridine rings is 1. The van der Waals surface area contributed by atoms with Crippen molar-refractivity contribution < 1.29 is 14.3 Å². The second-order valence-electron chi connectivity index (χ2n) is 5.64. The molecule has 6 heteroatoms. The highest BCUT2D eigenvalue weighted by Crippen LogP contribution is 2.37. The number of aromatic nitrogens is 2. The topological polar surface area (TPSA) is 52.8 Å². The number of hydrogen-bond donors (Lipinski definition) is 0. The first-order chi connectivity index (χ1) is 12.8. The van der Waals surface area contributed by atoms with Gasteiger partial charge in [0.15, 0.2) is 4.88 Å². The number of ether oxygens (including phenoxy) is 2. The van der Waals surface area contributed by atoms with E-state index >= 15 is 0 Å². The van der Waals surface area contributed by atoms with E-state index < -0.39 is 5.97 Å². The molecule has 130 valence electrons. The molecule has 0 saturated heterocycles. The molecular weight excluding hydrogens is 348 g/mol. The summed E-state index contributed by atoms with van der Waals surface area (Å²) in [4.78, 5) is 17.9. The quantitative estimate of drug-likeness (QED) is 0.492. The van der Waals surface area contributed by atoms with Crippen molar-refractivity contribution in [3.05, 3.63) is 77.4 Å². The van der Waals surface area contributed by atoms with Gasteiger partial charge in [0, 0.05) is 12.3 Å². The molecule has 0 aliphatic carbocycles. The summed E-state index contributed by atoms with van der Waals surface area (Å²) in [6, 6.07) is 17.5. The first-order valence-electron chi connectivity index (χ1n) is 8.07. The SMILES string of the molecule is COC(=O)c1sc(-c2cnc3ccccn23)cc1OCc1ccccc1. The Balaban J connectivity index is 1.70. The van der Waals surface area contributed by atoms with Crippen LogP contribution >= 0.6 is 11.3 Å². The summed E-state index contributed by atoms with van der Waals surface area (Å²) in [5.74, 6) is 0.115. The van der Waals surface area contributed by atoms with E-state index in [1.165, 1.54) is 18.4 Å². The van der Waals surface area contributed by atoms with Gasteiger partial charge in [0.25, 0.3) is 0 Å². The van der Waals surface area contributed by atoms with Crippen molar-refractivity contribution in [2.24, 2.45) is 0 Å². The fraction of sp³-hybridized carbons (Fsp3) is 0.100. The molecule has 0 radical (unpaired) electrons. The molecule has 0 bridgehead atoms. The average molecular weight is 364 g/mol. The molecular formula is C20H16N2O3S. The van der Waals surface area contributed by atoms with Crippen LogP contribution in [0, 0.1) is 0 Å². The second-order valence-corrected chi connectivity index (χ2v) is 6.69. The van der Waals surface area contributed by atoms with Gasteiger partial charge in [-0.2, -0.15) is 0 Å². The summed E-state index contributed by atoms with van der Waals surface area (Å²) >= 11 is 1.34. The Labute approximate surface area is 154 Å². The number of imidazole rings is 1. The van der Waals surface area contributed by atoms with Crippen LogP contribution in [0.25, 0.3) is 16.2 Å². The third-order valence-electron chi connectivity index (χ3n) is 3.98. The number of carbonyl (C=O) groups is 1. The van der Waals surface area contributed by atoms with Crippen LogP contribution in [0.3, 0.4) is 0 Å². The summed E-state index contributed by atoms with van der Waals surface area (Å²) in [6.07, 6.45) is 3.74. The minimum absolute atomic E-state index is 0.383. The Kier molecular flexibility index (Phi) is 4.41. The summed E-state index contributed by atoms with van der Waals surface area (Å²) in [5.41, 5.74) is 2.79. The van der Waals surface area contributed by atoms with Gasteiger partial charge in [-0.25, -0.2) is 9.78 Å². The van der Waals surface area contributed by atoms with Crippen molar-refractivity contribution in [2.75, 3.05) is 7.11 Å². The van der Waals surface area contributed by atoms with E-state index in [-0.39, 0.29) is 0 Å². The molecule has 3 heterocycles. The normalized spacial score (nSPS) is 10.8. The molecule has 0 aliphatic rings. The van der Waals surface area contributed by atoms with Gasteiger partial charge in [-0.15, -0.1) is 11.3 Å². The average Bonchev–Trinajstić information content (AvgIpc) is 3.30. The Morgan fingerprint density at radius 1 is 1.15 bits per heavy atom. The zero-order chi connectivity index (χ0) is 17.9. The van der Waals surface area contributed by atoms with Gasteiger partial charge in [-0.1, -0.05) is 36.4 Å². The zero-order valence-electron chi connectivity index (χ0n) is 14.1. The van der Waals surface area contributed by atoms with Crippen molar-refractivity contribution in [3.63, 3.8) is 0 Å². The summed E-state index contributed by atoms with van der Waals surface area (Å²) in [6.45, 7) is 0.383. The summed E-state index contributed by atoms with van der Waals surface area (Å²) < 4.78 is 12.8. The van der Waals surface area contributed by atoms with E-state index in [0.717, 1.165) is 21.8 Å². The van der Waals surface area contributed by atoms with Gasteiger partial charge < -0.3 is 9.47 Å². The van der Waals surface area contributed by atoms with Gasteiger partial charge in [-0.3, -0.25) is 4.40 Å². The molecule has 5 nitrogen and oxygen atoms in total. The maximum Gasteiger partial charge on any atom is 0.351 e. The molecule has 0 spiro atoms. The number of esters is 1. The predicted molar refractivity (Wildman–Crippen MR) is 101 cm³/mol. The van der Waals surface area contributed by atoms with Gasteiger partial charge in [-0.05, 0) is 17.7 Å². The largest absolute Gasteiger partial charge is 0.487 e. The third kappa shape index (κ3) is 3.07. The van der Waals surface area contributed by atoms with Crippen molar-refractivity contribution >= 4 is 23.0 Å². The first kappa shape index (κ1) is 16.4. The van der Waals surface area contributed by atoms with Crippen LogP contribution in [0.2, 0.25) is 0 Å². The summed E-state index contributed by atoms with van der Waals surface area (Å²) in [5, 5.41) is 0. The number of methoxy groups -OCH3 is 1. The molecule has 3 aromatic heterocycles. The maximum absolute atomic E-state index is 12.2. The Bertz CT molecular complexity index is 1050. The summed E-state index contributed by atoms with van der Waals surface area (Å²) in [7, 11) is 1.37. The molecule has 0 unspecified atom stereocenters. The molecule has 4 rings (SSSR count). The lowest BCUT2D eigenvalue weighted by Gasteiger charge is -2.06. The number of benzene rings is 1. The molecule has 0 amide bonds. The molecule has 26 heavy (non-hydrogen) atoms. The van der Waals surface area contributed by atoms with Gasteiger partial charge in [0.05, 0.1) is 23.9 Å². The van der Waals surface area contributed by atoms with Crippen molar-refractivity contribution in [3.8, 4) is 16.3 Å².